The molecular weight excluding hydrogens is 232 g/mol. The Morgan fingerprint density at radius 2 is 2.00 bits per heavy atom. The molecule has 6 heteroatoms. The maximum absolute atomic E-state index is 10.4. The number of hydrogen-bond donors (Lipinski definition) is 3. The molecule has 1 rings (SSSR count). The first-order valence-electron chi connectivity index (χ1n) is 6.09. The monoisotopic (exact) mass is 252 g/mol. The fourth-order valence-electron chi connectivity index (χ4n) is 1.44. The molecule has 0 aromatic carbocycles. The highest BCUT2D eigenvalue weighted by Crippen LogP contribution is 2.09. The van der Waals surface area contributed by atoms with Crippen LogP contribution in [0.5, 0.6) is 0 Å². The van der Waals surface area contributed by atoms with E-state index in [-0.39, 0.29) is 6.54 Å². The van der Waals surface area contributed by atoms with Crippen LogP contribution in [0, 0.1) is 5.92 Å². The van der Waals surface area contributed by atoms with Gasteiger partial charge < -0.3 is 15.7 Å². The van der Waals surface area contributed by atoms with Gasteiger partial charge in [-0.3, -0.25) is 4.79 Å². The molecule has 0 atom stereocenters. The second-order valence-electron chi connectivity index (χ2n) is 4.50. The molecule has 1 aromatic rings. The number of aliphatic carboxylic acids is 1. The summed E-state index contributed by atoms with van der Waals surface area (Å²) in [6, 6.07) is 1.71. The van der Waals surface area contributed by atoms with Crippen molar-refractivity contribution in [2.45, 2.75) is 26.7 Å². The largest absolute Gasteiger partial charge is 0.480 e. The summed E-state index contributed by atoms with van der Waals surface area (Å²) in [5.41, 5.74) is 0. The number of nitrogens with one attached hydrogen (secondary N) is 2. The second-order valence-corrected chi connectivity index (χ2v) is 4.50. The normalized spacial score (nSPS) is 10.4. The van der Waals surface area contributed by atoms with Crippen LogP contribution in [-0.2, 0) is 4.79 Å². The van der Waals surface area contributed by atoms with Crippen molar-refractivity contribution >= 4 is 17.6 Å². The summed E-state index contributed by atoms with van der Waals surface area (Å²) in [5, 5.41) is 14.4. The average Bonchev–Trinajstić information content (AvgIpc) is 2.32. The zero-order valence-corrected chi connectivity index (χ0v) is 10.8. The number of carbonyl (C=O) groups is 1. The molecule has 0 bridgehead atoms. The van der Waals surface area contributed by atoms with Gasteiger partial charge in [0.25, 0.3) is 0 Å². The van der Waals surface area contributed by atoms with Gasteiger partial charge in [-0.25, -0.2) is 9.97 Å². The summed E-state index contributed by atoms with van der Waals surface area (Å²) in [4.78, 5) is 18.4. The zero-order valence-electron chi connectivity index (χ0n) is 10.8. The van der Waals surface area contributed by atoms with Crippen LogP contribution in [0.25, 0.3) is 0 Å². The summed E-state index contributed by atoms with van der Waals surface area (Å²) in [6.07, 6.45) is 3.66. The first kappa shape index (κ1) is 14.2. The number of carboxylic acid groups (broad SMARTS) is 1. The van der Waals surface area contributed by atoms with Gasteiger partial charge >= 0.3 is 5.97 Å². The molecule has 3 N–H and O–H groups in total. The number of anilines is 2. The molecule has 0 spiro atoms. The lowest BCUT2D eigenvalue weighted by atomic mass is 10.1. The smallest absolute Gasteiger partial charge is 0.322 e. The van der Waals surface area contributed by atoms with Crippen LogP contribution >= 0.6 is 0 Å². The number of nitrogens with zero attached hydrogens (tertiary/aromatic N) is 2. The van der Waals surface area contributed by atoms with Crippen LogP contribution in [0.1, 0.15) is 26.7 Å². The highest BCUT2D eigenvalue weighted by Gasteiger charge is 2.01. The highest BCUT2D eigenvalue weighted by molar-refractivity contribution is 5.72. The van der Waals surface area contributed by atoms with Gasteiger partial charge in [0.15, 0.2) is 0 Å². The summed E-state index contributed by atoms with van der Waals surface area (Å²) in [6.45, 7) is 5.09. The number of aromatic nitrogens is 2. The van der Waals surface area contributed by atoms with Gasteiger partial charge in [-0.2, -0.15) is 0 Å². The minimum Gasteiger partial charge on any atom is -0.480 e. The van der Waals surface area contributed by atoms with E-state index in [1.165, 1.54) is 12.7 Å². The molecule has 0 aliphatic rings. The van der Waals surface area contributed by atoms with E-state index in [0.29, 0.717) is 17.6 Å². The van der Waals surface area contributed by atoms with Gasteiger partial charge in [-0.05, 0) is 18.8 Å². The SMILES string of the molecule is CC(C)CCCNc1cc(NCC(=O)O)ncn1. The molecule has 0 saturated carbocycles. The molecule has 0 unspecified atom stereocenters. The third-order valence-corrected chi connectivity index (χ3v) is 2.35. The van der Waals surface area contributed by atoms with E-state index in [0.717, 1.165) is 13.0 Å². The summed E-state index contributed by atoms with van der Waals surface area (Å²) in [5.74, 6) is 1.01. The lowest BCUT2D eigenvalue weighted by Crippen LogP contribution is -2.13. The Bertz CT molecular complexity index is 382. The Labute approximate surface area is 107 Å². The Hall–Kier alpha value is -1.85. The maximum Gasteiger partial charge on any atom is 0.322 e. The van der Waals surface area contributed by atoms with E-state index >= 15 is 0 Å². The molecule has 100 valence electrons. The summed E-state index contributed by atoms with van der Waals surface area (Å²) >= 11 is 0. The zero-order chi connectivity index (χ0) is 13.4. The molecule has 0 amide bonds. The lowest BCUT2D eigenvalue weighted by molar-refractivity contribution is -0.134. The number of carboxylic acids is 1. The van der Waals surface area contributed by atoms with E-state index in [4.69, 9.17) is 5.11 Å². The van der Waals surface area contributed by atoms with Gasteiger partial charge in [0, 0.05) is 12.6 Å². The number of hydrogen-bond acceptors (Lipinski definition) is 5. The Balaban J connectivity index is 2.37. The first-order valence-corrected chi connectivity index (χ1v) is 6.09. The van der Waals surface area contributed by atoms with Gasteiger partial charge in [0.2, 0.25) is 0 Å². The van der Waals surface area contributed by atoms with Crippen LogP contribution in [0.3, 0.4) is 0 Å². The molecule has 18 heavy (non-hydrogen) atoms. The molecular formula is C12H20N4O2. The third kappa shape index (κ3) is 6.03. The van der Waals surface area contributed by atoms with Gasteiger partial charge in [0.05, 0.1) is 0 Å². The third-order valence-electron chi connectivity index (χ3n) is 2.35. The van der Waals surface area contributed by atoms with E-state index in [9.17, 15) is 4.79 Å². The molecule has 0 radical (unpaired) electrons. The molecule has 0 aliphatic heterocycles. The Kier molecular flexibility index (Phi) is 5.90. The highest BCUT2D eigenvalue weighted by atomic mass is 16.4. The van der Waals surface area contributed by atoms with Crippen LogP contribution in [-0.4, -0.2) is 34.1 Å². The average molecular weight is 252 g/mol. The number of rotatable bonds is 8. The van der Waals surface area contributed by atoms with Crippen LogP contribution in [0.4, 0.5) is 11.6 Å². The van der Waals surface area contributed by atoms with Crippen molar-refractivity contribution in [1.82, 2.24) is 9.97 Å². The van der Waals surface area contributed by atoms with Crippen molar-refractivity contribution in [3.05, 3.63) is 12.4 Å². The second kappa shape index (κ2) is 7.47. The maximum atomic E-state index is 10.4. The van der Waals surface area contributed by atoms with Crippen LogP contribution < -0.4 is 10.6 Å². The minimum absolute atomic E-state index is 0.149. The molecule has 0 aliphatic carbocycles. The van der Waals surface area contributed by atoms with Gasteiger partial charge in [-0.15, -0.1) is 0 Å². The quantitative estimate of drug-likeness (QED) is 0.612. The minimum atomic E-state index is -0.917. The van der Waals surface area contributed by atoms with Crippen molar-refractivity contribution in [1.29, 1.82) is 0 Å². The van der Waals surface area contributed by atoms with Crippen LogP contribution in [0.15, 0.2) is 12.4 Å². The van der Waals surface area contributed by atoms with Crippen LogP contribution in [0.2, 0.25) is 0 Å². The first-order chi connectivity index (χ1) is 8.58. The molecule has 0 fully saturated rings. The fraction of sp³-hybridized carbons (Fsp3) is 0.583. The fourth-order valence-corrected chi connectivity index (χ4v) is 1.44. The molecule has 1 heterocycles. The Morgan fingerprint density at radius 3 is 2.61 bits per heavy atom. The molecule has 0 saturated heterocycles. The predicted octanol–water partition coefficient (Wildman–Crippen LogP) is 1.82. The summed E-state index contributed by atoms with van der Waals surface area (Å²) in [7, 11) is 0. The van der Waals surface area contributed by atoms with Crippen molar-refractivity contribution in [2.24, 2.45) is 5.92 Å². The molecule has 6 nitrogen and oxygen atoms in total. The van der Waals surface area contributed by atoms with E-state index < -0.39 is 5.97 Å². The lowest BCUT2D eigenvalue weighted by Gasteiger charge is -2.08. The standard InChI is InChI=1S/C12H20N4O2/c1-9(2)4-3-5-13-10-6-11(16-8-15-10)14-7-12(17)18/h6,8-9H,3-5,7H2,1-2H3,(H,17,18)(H2,13,14,15,16). The molecule has 1 aromatic heterocycles. The van der Waals surface area contributed by atoms with Gasteiger partial charge in [0.1, 0.15) is 24.5 Å². The van der Waals surface area contributed by atoms with E-state index in [2.05, 4.69) is 34.4 Å². The van der Waals surface area contributed by atoms with E-state index in [1.54, 1.807) is 6.07 Å². The van der Waals surface area contributed by atoms with Crippen molar-refractivity contribution in [3.63, 3.8) is 0 Å². The Morgan fingerprint density at radius 1 is 1.33 bits per heavy atom. The predicted molar refractivity (Wildman–Crippen MR) is 70.7 cm³/mol. The van der Waals surface area contributed by atoms with Gasteiger partial charge in [-0.1, -0.05) is 13.8 Å². The van der Waals surface area contributed by atoms with Crippen molar-refractivity contribution in [2.75, 3.05) is 23.7 Å². The van der Waals surface area contributed by atoms with E-state index in [1.807, 2.05) is 0 Å². The van der Waals surface area contributed by atoms with Crippen molar-refractivity contribution < 1.29 is 9.90 Å². The van der Waals surface area contributed by atoms with Crippen molar-refractivity contribution in [3.8, 4) is 0 Å². The topological polar surface area (TPSA) is 87.1 Å². The summed E-state index contributed by atoms with van der Waals surface area (Å²) < 4.78 is 0.